The molecule has 4 atom stereocenters. The summed E-state index contributed by atoms with van der Waals surface area (Å²) in [7, 11) is 0. The lowest BCUT2D eigenvalue weighted by atomic mass is 9.78. The summed E-state index contributed by atoms with van der Waals surface area (Å²) in [4.78, 5) is 15.1. The molecule has 1 aliphatic heterocycles. The molecular formula is C20H27NO2. The number of rotatable bonds is 2. The molecule has 2 fully saturated rings. The van der Waals surface area contributed by atoms with Gasteiger partial charge in [0.05, 0.1) is 6.10 Å². The van der Waals surface area contributed by atoms with Gasteiger partial charge >= 0.3 is 0 Å². The molecule has 1 spiro atoms. The molecule has 124 valence electrons. The van der Waals surface area contributed by atoms with Crippen molar-refractivity contribution in [2.45, 2.75) is 57.0 Å². The Hall–Kier alpha value is -1.35. The number of aliphatic hydroxyl groups excluding tert-OH is 1. The van der Waals surface area contributed by atoms with Crippen molar-refractivity contribution >= 4 is 5.91 Å². The minimum absolute atomic E-state index is 0.129. The van der Waals surface area contributed by atoms with Crippen LogP contribution in [0.15, 0.2) is 24.3 Å². The van der Waals surface area contributed by atoms with Crippen LogP contribution in [0.3, 0.4) is 0 Å². The summed E-state index contributed by atoms with van der Waals surface area (Å²) in [6.07, 6.45) is 6.31. The van der Waals surface area contributed by atoms with E-state index in [4.69, 9.17) is 0 Å². The van der Waals surface area contributed by atoms with Crippen LogP contribution in [0.25, 0.3) is 0 Å². The highest BCUT2D eigenvalue weighted by Crippen LogP contribution is 2.60. The van der Waals surface area contributed by atoms with Crippen molar-refractivity contribution in [3.05, 3.63) is 35.4 Å². The van der Waals surface area contributed by atoms with E-state index in [1.54, 1.807) is 0 Å². The van der Waals surface area contributed by atoms with Crippen molar-refractivity contribution < 1.29 is 9.90 Å². The van der Waals surface area contributed by atoms with Gasteiger partial charge in [-0.3, -0.25) is 4.79 Å². The van der Waals surface area contributed by atoms with Crippen LogP contribution in [0, 0.1) is 11.8 Å². The zero-order valence-electron chi connectivity index (χ0n) is 14.0. The van der Waals surface area contributed by atoms with Crippen LogP contribution in [-0.4, -0.2) is 35.1 Å². The Labute approximate surface area is 138 Å². The molecule has 4 unspecified atom stereocenters. The minimum Gasteiger partial charge on any atom is -0.393 e. The van der Waals surface area contributed by atoms with Gasteiger partial charge in [0.2, 0.25) is 5.91 Å². The maximum absolute atomic E-state index is 13.1. The van der Waals surface area contributed by atoms with E-state index in [2.05, 4.69) is 24.3 Å². The van der Waals surface area contributed by atoms with Crippen LogP contribution in [0.4, 0.5) is 0 Å². The number of aryl methyl sites for hydroxylation is 1. The van der Waals surface area contributed by atoms with E-state index in [0.29, 0.717) is 5.91 Å². The van der Waals surface area contributed by atoms with Gasteiger partial charge in [-0.2, -0.15) is 0 Å². The third-order valence-electron chi connectivity index (χ3n) is 6.45. The molecule has 1 aromatic carbocycles. The molecule has 23 heavy (non-hydrogen) atoms. The summed E-state index contributed by atoms with van der Waals surface area (Å²) in [5.41, 5.74) is 3.02. The van der Waals surface area contributed by atoms with Crippen molar-refractivity contribution in [1.82, 2.24) is 4.90 Å². The lowest BCUT2D eigenvalue weighted by molar-refractivity contribution is -0.135. The molecule has 3 aliphatic rings. The van der Waals surface area contributed by atoms with E-state index in [1.807, 2.05) is 11.8 Å². The molecule has 1 saturated heterocycles. The molecule has 1 aromatic rings. The van der Waals surface area contributed by atoms with Gasteiger partial charge in [-0.15, -0.1) is 0 Å². The predicted molar refractivity (Wildman–Crippen MR) is 90.1 cm³/mol. The smallest absolute Gasteiger partial charge is 0.226 e. The van der Waals surface area contributed by atoms with Crippen molar-refractivity contribution in [3.63, 3.8) is 0 Å². The quantitative estimate of drug-likeness (QED) is 0.912. The summed E-state index contributed by atoms with van der Waals surface area (Å²) in [5, 5.41) is 9.87. The van der Waals surface area contributed by atoms with Crippen LogP contribution in [-0.2, 0) is 16.6 Å². The van der Waals surface area contributed by atoms with Crippen LogP contribution in [0.5, 0.6) is 0 Å². The fourth-order valence-corrected chi connectivity index (χ4v) is 4.98. The zero-order valence-corrected chi connectivity index (χ0v) is 14.0. The number of carbonyl (C=O) groups is 1. The van der Waals surface area contributed by atoms with Crippen molar-refractivity contribution in [3.8, 4) is 0 Å². The van der Waals surface area contributed by atoms with Crippen LogP contribution in [0.1, 0.15) is 50.2 Å². The first-order valence-electron chi connectivity index (χ1n) is 9.17. The fourth-order valence-electron chi connectivity index (χ4n) is 4.98. The van der Waals surface area contributed by atoms with Crippen LogP contribution in [0.2, 0.25) is 0 Å². The maximum atomic E-state index is 13.1. The standard InChI is InChI=1S/C20H27NO2/c1-14(22)16-8-5-11-21(13-16)19(23)18-12-20(18)10-4-7-15-6-2-3-9-17(15)20/h2-3,6,9,14,16,18,22H,4-5,7-8,10-13H2,1H3. The average molecular weight is 313 g/mol. The molecular weight excluding hydrogens is 286 g/mol. The van der Waals surface area contributed by atoms with Gasteiger partial charge in [-0.25, -0.2) is 0 Å². The molecule has 0 radical (unpaired) electrons. The normalized spacial score (nSPS) is 34.1. The SMILES string of the molecule is CC(O)C1CCCN(C(=O)C2CC23CCCc2ccccc23)C1. The number of likely N-dealkylation sites (tertiary alicyclic amines) is 1. The first kappa shape index (κ1) is 15.2. The van der Waals surface area contributed by atoms with Crippen LogP contribution >= 0.6 is 0 Å². The van der Waals surface area contributed by atoms with Crippen molar-refractivity contribution in [2.24, 2.45) is 11.8 Å². The highest BCUT2D eigenvalue weighted by Gasteiger charge is 2.61. The topological polar surface area (TPSA) is 40.5 Å². The van der Waals surface area contributed by atoms with E-state index < -0.39 is 0 Å². The Balaban J connectivity index is 1.52. The summed E-state index contributed by atoms with van der Waals surface area (Å²) in [6, 6.07) is 8.72. The summed E-state index contributed by atoms with van der Waals surface area (Å²) in [5.74, 6) is 0.768. The first-order chi connectivity index (χ1) is 11.1. The molecule has 4 rings (SSSR count). The number of piperidine rings is 1. The Morgan fingerprint density at radius 3 is 3.00 bits per heavy atom. The number of nitrogens with zero attached hydrogens (tertiary/aromatic N) is 1. The molecule has 0 bridgehead atoms. The lowest BCUT2D eigenvalue weighted by Crippen LogP contribution is -2.44. The molecule has 0 aromatic heterocycles. The second-order valence-electron chi connectivity index (χ2n) is 7.85. The van der Waals surface area contributed by atoms with Gasteiger partial charge in [0, 0.05) is 30.3 Å². The van der Waals surface area contributed by atoms with E-state index >= 15 is 0 Å². The zero-order chi connectivity index (χ0) is 16.0. The number of aliphatic hydroxyl groups is 1. The number of benzene rings is 1. The predicted octanol–water partition coefficient (Wildman–Crippen LogP) is 2.90. The second kappa shape index (κ2) is 5.62. The summed E-state index contributed by atoms with van der Waals surface area (Å²) in [6.45, 7) is 3.47. The third-order valence-corrected chi connectivity index (χ3v) is 6.45. The third kappa shape index (κ3) is 2.50. The molecule has 3 nitrogen and oxygen atoms in total. The Morgan fingerprint density at radius 2 is 2.17 bits per heavy atom. The van der Waals surface area contributed by atoms with Crippen LogP contribution < -0.4 is 0 Å². The first-order valence-corrected chi connectivity index (χ1v) is 9.17. The average Bonchev–Trinajstić information content (AvgIpc) is 3.29. The lowest BCUT2D eigenvalue weighted by Gasteiger charge is -2.35. The van der Waals surface area contributed by atoms with Gasteiger partial charge in [0.25, 0.3) is 0 Å². The monoisotopic (exact) mass is 313 g/mol. The minimum atomic E-state index is -0.311. The van der Waals surface area contributed by atoms with Gasteiger partial charge in [-0.1, -0.05) is 24.3 Å². The molecule has 1 amide bonds. The molecule has 2 aliphatic carbocycles. The number of amides is 1. The van der Waals surface area contributed by atoms with Gasteiger partial charge < -0.3 is 10.0 Å². The highest BCUT2D eigenvalue weighted by molar-refractivity contribution is 5.85. The van der Waals surface area contributed by atoms with E-state index in [1.165, 1.54) is 17.5 Å². The summed E-state index contributed by atoms with van der Waals surface area (Å²) >= 11 is 0. The Morgan fingerprint density at radius 1 is 1.35 bits per heavy atom. The number of fused-ring (bicyclic) bond motifs is 2. The number of hydrogen-bond acceptors (Lipinski definition) is 2. The van der Waals surface area contributed by atoms with Crippen molar-refractivity contribution in [1.29, 1.82) is 0 Å². The van der Waals surface area contributed by atoms with Gasteiger partial charge in [0.15, 0.2) is 0 Å². The number of hydrogen-bond donors (Lipinski definition) is 1. The Bertz CT molecular complexity index is 611. The van der Waals surface area contributed by atoms with Gasteiger partial charge in [0.1, 0.15) is 0 Å². The number of carbonyl (C=O) groups excluding carboxylic acids is 1. The molecule has 1 heterocycles. The molecule has 1 saturated carbocycles. The second-order valence-corrected chi connectivity index (χ2v) is 7.85. The highest BCUT2D eigenvalue weighted by atomic mass is 16.3. The van der Waals surface area contributed by atoms with Crippen molar-refractivity contribution in [2.75, 3.05) is 13.1 Å². The largest absolute Gasteiger partial charge is 0.393 e. The van der Waals surface area contributed by atoms with E-state index in [0.717, 1.165) is 45.2 Å². The Kier molecular flexibility index (Phi) is 3.72. The van der Waals surface area contributed by atoms with Gasteiger partial charge in [-0.05, 0) is 56.6 Å². The molecule has 1 N–H and O–H groups in total. The van der Waals surface area contributed by atoms with E-state index in [-0.39, 0.29) is 23.4 Å². The fraction of sp³-hybridized carbons (Fsp3) is 0.650. The maximum Gasteiger partial charge on any atom is 0.226 e. The van der Waals surface area contributed by atoms with E-state index in [9.17, 15) is 9.90 Å². The summed E-state index contributed by atoms with van der Waals surface area (Å²) < 4.78 is 0. The molecule has 3 heteroatoms.